The molecule has 0 bridgehead atoms. The van der Waals surface area contributed by atoms with Crippen molar-refractivity contribution in [2.75, 3.05) is 26.2 Å². The van der Waals surface area contributed by atoms with E-state index in [-0.39, 0.29) is 11.6 Å². The Hall–Kier alpha value is -3.30. The van der Waals surface area contributed by atoms with E-state index >= 15 is 0 Å². The number of fused-ring (bicyclic) bond motifs is 1. The third-order valence-electron chi connectivity index (χ3n) is 8.26. The number of rotatable bonds is 6. The zero-order valence-corrected chi connectivity index (χ0v) is 21.7. The van der Waals surface area contributed by atoms with Crippen molar-refractivity contribution in [3.63, 3.8) is 0 Å². The Kier molecular flexibility index (Phi) is 6.65. The van der Waals surface area contributed by atoms with Crippen molar-refractivity contribution in [1.82, 2.24) is 35.0 Å². The third-order valence-corrected chi connectivity index (χ3v) is 8.26. The van der Waals surface area contributed by atoms with Gasteiger partial charge in [-0.2, -0.15) is 0 Å². The molecule has 1 aromatic carbocycles. The molecule has 9 nitrogen and oxygen atoms in total. The highest BCUT2D eigenvalue weighted by Crippen LogP contribution is 2.31. The number of aromatic amines is 1. The number of H-pyrrole nitrogens is 1. The minimum Gasteiger partial charge on any atom is -0.467 e. The smallest absolute Gasteiger partial charge is 0.253 e. The molecular weight excluding hydrogens is 466 g/mol. The van der Waals surface area contributed by atoms with Crippen molar-refractivity contribution in [2.24, 2.45) is 0 Å². The van der Waals surface area contributed by atoms with Gasteiger partial charge in [0.1, 0.15) is 18.3 Å². The minimum atomic E-state index is -0.355. The van der Waals surface area contributed by atoms with Gasteiger partial charge in [-0.1, -0.05) is 31.4 Å². The third kappa shape index (κ3) is 4.73. The quantitative estimate of drug-likeness (QED) is 0.429. The Morgan fingerprint density at radius 3 is 2.59 bits per heavy atom. The summed E-state index contributed by atoms with van der Waals surface area (Å²) >= 11 is 0. The van der Waals surface area contributed by atoms with E-state index in [1.807, 2.05) is 19.1 Å². The molecule has 1 aliphatic carbocycles. The van der Waals surface area contributed by atoms with Gasteiger partial charge < -0.3 is 9.40 Å². The Morgan fingerprint density at radius 1 is 1.05 bits per heavy atom. The number of piperazine rings is 1. The summed E-state index contributed by atoms with van der Waals surface area (Å²) in [5.74, 6) is 1.44. The standard InChI is InChI=1S/C28H35N7O2/c1-19-10-11-20(2)25-23(19)17-24(28(36)29-25)26(27-30-31-32-35(27)18-22-9-6-16-37-22)34-14-12-33(13-15-34)21-7-4-3-5-8-21/h6,9-11,16-17,21,26H,3-5,7-8,12-15,18H2,1-2H3,(H,29,36). The van der Waals surface area contributed by atoms with Gasteiger partial charge in [0.05, 0.1) is 11.8 Å². The number of nitrogens with zero attached hydrogens (tertiary/aromatic N) is 6. The predicted octanol–water partition coefficient (Wildman–Crippen LogP) is 3.81. The molecule has 37 heavy (non-hydrogen) atoms. The van der Waals surface area contributed by atoms with Gasteiger partial charge in [0.15, 0.2) is 5.82 Å². The summed E-state index contributed by atoms with van der Waals surface area (Å²) in [5.41, 5.74) is 3.68. The fraction of sp³-hybridized carbons (Fsp3) is 0.500. The second-order valence-electron chi connectivity index (χ2n) is 10.6. The molecule has 6 rings (SSSR count). The van der Waals surface area contributed by atoms with E-state index in [0.717, 1.165) is 54.0 Å². The van der Waals surface area contributed by atoms with Crippen LogP contribution in [-0.4, -0.2) is 67.2 Å². The Labute approximate surface area is 216 Å². The number of aromatic nitrogens is 5. The molecule has 9 heteroatoms. The first-order valence-corrected chi connectivity index (χ1v) is 13.5. The highest BCUT2D eigenvalue weighted by atomic mass is 16.3. The summed E-state index contributed by atoms with van der Waals surface area (Å²) in [6.07, 6.45) is 8.28. The first-order valence-electron chi connectivity index (χ1n) is 13.5. The lowest BCUT2D eigenvalue weighted by Crippen LogP contribution is -2.52. The van der Waals surface area contributed by atoms with Crippen LogP contribution in [0.25, 0.3) is 10.9 Å². The summed E-state index contributed by atoms with van der Waals surface area (Å²) in [6, 6.07) is 10.3. The lowest BCUT2D eigenvalue weighted by molar-refractivity contribution is 0.0617. The van der Waals surface area contributed by atoms with Crippen LogP contribution in [0.1, 0.15) is 66.4 Å². The number of furan rings is 1. The molecule has 1 unspecified atom stereocenters. The fourth-order valence-corrected chi connectivity index (χ4v) is 6.17. The predicted molar refractivity (Wildman–Crippen MR) is 142 cm³/mol. The van der Waals surface area contributed by atoms with Gasteiger partial charge in [0.25, 0.3) is 5.56 Å². The van der Waals surface area contributed by atoms with Gasteiger partial charge in [-0.25, -0.2) is 4.68 Å². The van der Waals surface area contributed by atoms with Gasteiger partial charge in [-0.15, -0.1) is 5.10 Å². The molecule has 1 saturated carbocycles. The highest BCUT2D eigenvalue weighted by molar-refractivity contribution is 5.85. The monoisotopic (exact) mass is 501 g/mol. The average Bonchev–Trinajstić information content (AvgIpc) is 3.61. The van der Waals surface area contributed by atoms with Crippen molar-refractivity contribution >= 4 is 10.9 Å². The second-order valence-corrected chi connectivity index (χ2v) is 10.6. The largest absolute Gasteiger partial charge is 0.467 e. The molecule has 0 spiro atoms. The first-order chi connectivity index (χ1) is 18.1. The maximum absolute atomic E-state index is 13.6. The molecule has 0 amide bonds. The average molecular weight is 502 g/mol. The molecule has 4 heterocycles. The zero-order chi connectivity index (χ0) is 25.4. The number of pyridine rings is 1. The lowest BCUT2D eigenvalue weighted by atomic mass is 9.93. The van der Waals surface area contributed by atoms with Crippen LogP contribution < -0.4 is 5.56 Å². The van der Waals surface area contributed by atoms with Crippen molar-refractivity contribution in [3.05, 3.63) is 75.2 Å². The molecule has 4 aromatic rings. The SMILES string of the molecule is Cc1ccc(C)c2[nH]c(=O)c(C(c3nnnn3Cc3ccco3)N3CCN(C4CCCCC4)CC3)cc12. The number of hydrogen-bond donors (Lipinski definition) is 1. The number of aryl methyl sites for hydroxylation is 2. The number of nitrogens with one attached hydrogen (secondary N) is 1. The van der Waals surface area contributed by atoms with Crippen LogP contribution in [0.5, 0.6) is 0 Å². The summed E-state index contributed by atoms with van der Waals surface area (Å²) in [4.78, 5) is 21.8. The van der Waals surface area contributed by atoms with E-state index in [1.165, 1.54) is 32.1 Å². The van der Waals surface area contributed by atoms with E-state index in [4.69, 9.17) is 4.42 Å². The van der Waals surface area contributed by atoms with E-state index in [1.54, 1.807) is 10.9 Å². The Bertz CT molecular complexity index is 1410. The van der Waals surface area contributed by atoms with Gasteiger partial charge >= 0.3 is 0 Å². The van der Waals surface area contributed by atoms with E-state index in [0.29, 0.717) is 24.0 Å². The number of benzene rings is 1. The molecule has 3 aromatic heterocycles. The van der Waals surface area contributed by atoms with Gasteiger partial charge in [0, 0.05) is 43.2 Å². The molecule has 1 saturated heterocycles. The molecule has 1 atom stereocenters. The van der Waals surface area contributed by atoms with Crippen LogP contribution in [0, 0.1) is 13.8 Å². The van der Waals surface area contributed by atoms with Crippen LogP contribution in [0.3, 0.4) is 0 Å². The number of tetrazole rings is 1. The van der Waals surface area contributed by atoms with Gasteiger partial charge in [-0.3, -0.25) is 14.6 Å². The maximum Gasteiger partial charge on any atom is 0.253 e. The summed E-state index contributed by atoms with van der Waals surface area (Å²) in [5, 5.41) is 13.8. The summed E-state index contributed by atoms with van der Waals surface area (Å²) in [6.45, 7) is 8.23. The van der Waals surface area contributed by atoms with Crippen LogP contribution in [0.4, 0.5) is 0 Å². The van der Waals surface area contributed by atoms with E-state index in [9.17, 15) is 4.79 Å². The molecule has 2 fully saturated rings. The van der Waals surface area contributed by atoms with Crippen LogP contribution in [-0.2, 0) is 6.54 Å². The fourth-order valence-electron chi connectivity index (χ4n) is 6.17. The van der Waals surface area contributed by atoms with Gasteiger partial charge in [0.2, 0.25) is 0 Å². The number of hydrogen-bond acceptors (Lipinski definition) is 7. The maximum atomic E-state index is 13.6. The Morgan fingerprint density at radius 2 is 1.84 bits per heavy atom. The van der Waals surface area contributed by atoms with Crippen molar-refractivity contribution in [2.45, 2.75) is 64.6 Å². The van der Waals surface area contributed by atoms with Crippen molar-refractivity contribution in [3.8, 4) is 0 Å². The minimum absolute atomic E-state index is 0.0894. The van der Waals surface area contributed by atoms with Crippen molar-refractivity contribution in [1.29, 1.82) is 0 Å². The highest BCUT2D eigenvalue weighted by Gasteiger charge is 2.34. The lowest BCUT2D eigenvalue weighted by Gasteiger charge is -2.43. The molecular formula is C28H35N7O2. The van der Waals surface area contributed by atoms with Crippen LogP contribution in [0.2, 0.25) is 0 Å². The van der Waals surface area contributed by atoms with Gasteiger partial charge in [-0.05, 0) is 66.4 Å². The van der Waals surface area contributed by atoms with E-state index in [2.05, 4.69) is 55.4 Å². The van der Waals surface area contributed by atoms with Crippen molar-refractivity contribution < 1.29 is 4.42 Å². The molecule has 1 N–H and O–H groups in total. The normalized spacial score (nSPS) is 19.0. The summed E-state index contributed by atoms with van der Waals surface area (Å²) in [7, 11) is 0. The molecule has 1 aliphatic heterocycles. The molecule has 0 radical (unpaired) electrons. The Balaban J connectivity index is 1.39. The zero-order valence-electron chi connectivity index (χ0n) is 21.7. The van der Waals surface area contributed by atoms with Crippen LogP contribution >= 0.6 is 0 Å². The molecule has 2 aliphatic rings. The first kappa shape index (κ1) is 24.1. The second kappa shape index (κ2) is 10.2. The topological polar surface area (TPSA) is 96.1 Å². The van der Waals surface area contributed by atoms with Crippen LogP contribution in [0.15, 0.2) is 45.8 Å². The molecule has 194 valence electrons. The van der Waals surface area contributed by atoms with E-state index < -0.39 is 0 Å². The summed E-state index contributed by atoms with van der Waals surface area (Å²) < 4.78 is 7.35.